The highest BCUT2D eigenvalue weighted by atomic mass is 32.2. The van der Waals surface area contributed by atoms with Crippen molar-refractivity contribution < 1.29 is 9.18 Å². The van der Waals surface area contributed by atoms with Crippen molar-refractivity contribution in [2.75, 3.05) is 5.32 Å². The maximum atomic E-state index is 13.7. The third-order valence-corrected chi connectivity index (χ3v) is 5.81. The van der Waals surface area contributed by atoms with Crippen LogP contribution in [0, 0.1) is 19.7 Å². The maximum absolute atomic E-state index is 13.7. The van der Waals surface area contributed by atoms with Gasteiger partial charge in [-0.1, -0.05) is 36.0 Å². The number of hydrogen-bond donors (Lipinski definition) is 1. The SMILES string of the molecule is Cc1cc(C)cc(NC(=O)Cc2csc(SCc3ccccc3F)n2)c1. The largest absolute Gasteiger partial charge is 0.326 e. The number of hydrogen-bond acceptors (Lipinski definition) is 4. The van der Waals surface area contributed by atoms with Crippen LogP contribution in [0.15, 0.2) is 52.2 Å². The molecule has 1 amide bonds. The topological polar surface area (TPSA) is 42.0 Å². The molecule has 0 aliphatic heterocycles. The number of carbonyl (C=O) groups excluding carboxylic acids is 1. The molecule has 0 spiro atoms. The first-order valence-corrected chi connectivity index (χ1v) is 10.0. The number of nitrogens with one attached hydrogen (secondary N) is 1. The summed E-state index contributed by atoms with van der Waals surface area (Å²) >= 11 is 2.96. The average molecular weight is 387 g/mol. The van der Waals surface area contributed by atoms with Crippen LogP contribution in [-0.2, 0) is 17.0 Å². The Hall–Kier alpha value is -2.18. The van der Waals surface area contributed by atoms with Gasteiger partial charge in [0.05, 0.1) is 12.1 Å². The number of benzene rings is 2. The molecule has 0 saturated heterocycles. The van der Waals surface area contributed by atoms with Gasteiger partial charge < -0.3 is 5.32 Å². The minimum Gasteiger partial charge on any atom is -0.326 e. The van der Waals surface area contributed by atoms with Crippen molar-refractivity contribution >= 4 is 34.7 Å². The van der Waals surface area contributed by atoms with E-state index in [0.717, 1.165) is 26.8 Å². The van der Waals surface area contributed by atoms with Crippen LogP contribution in [0.5, 0.6) is 0 Å². The zero-order valence-electron chi connectivity index (χ0n) is 14.6. The molecule has 0 aliphatic rings. The summed E-state index contributed by atoms with van der Waals surface area (Å²) < 4.78 is 14.5. The quantitative estimate of drug-likeness (QED) is 0.579. The van der Waals surface area contributed by atoms with Gasteiger partial charge in [-0.2, -0.15) is 0 Å². The molecular formula is C20H19FN2OS2. The van der Waals surface area contributed by atoms with Crippen molar-refractivity contribution in [2.24, 2.45) is 0 Å². The van der Waals surface area contributed by atoms with Crippen LogP contribution in [0.1, 0.15) is 22.4 Å². The van der Waals surface area contributed by atoms with Crippen molar-refractivity contribution in [3.05, 3.63) is 76.0 Å². The summed E-state index contributed by atoms with van der Waals surface area (Å²) in [5, 5.41) is 4.80. The fraction of sp³-hybridized carbons (Fsp3) is 0.200. The summed E-state index contributed by atoms with van der Waals surface area (Å²) in [6.45, 7) is 4.00. The van der Waals surface area contributed by atoms with E-state index < -0.39 is 0 Å². The molecule has 0 fully saturated rings. The number of anilines is 1. The van der Waals surface area contributed by atoms with Crippen LogP contribution in [0.2, 0.25) is 0 Å². The third kappa shape index (κ3) is 5.16. The van der Waals surface area contributed by atoms with Crippen LogP contribution in [0.3, 0.4) is 0 Å². The van der Waals surface area contributed by atoms with Gasteiger partial charge in [0.2, 0.25) is 5.91 Å². The molecule has 134 valence electrons. The summed E-state index contributed by atoms with van der Waals surface area (Å²) in [7, 11) is 0. The fourth-order valence-corrected chi connectivity index (χ4v) is 4.44. The van der Waals surface area contributed by atoms with Gasteiger partial charge in [-0.15, -0.1) is 11.3 Å². The number of carbonyl (C=O) groups is 1. The van der Waals surface area contributed by atoms with E-state index in [-0.39, 0.29) is 18.1 Å². The highest BCUT2D eigenvalue weighted by molar-refractivity contribution is 8.00. The Morgan fingerprint density at radius 1 is 1.19 bits per heavy atom. The van der Waals surface area contributed by atoms with Crippen LogP contribution in [0.25, 0.3) is 0 Å². The third-order valence-electron chi connectivity index (χ3n) is 3.69. The predicted octanol–water partition coefficient (Wildman–Crippen LogP) is 5.37. The highest BCUT2D eigenvalue weighted by Crippen LogP contribution is 2.27. The lowest BCUT2D eigenvalue weighted by Gasteiger charge is -2.06. The first-order valence-electron chi connectivity index (χ1n) is 8.18. The van der Waals surface area contributed by atoms with Gasteiger partial charge in [0.1, 0.15) is 10.2 Å². The average Bonchev–Trinajstić information content (AvgIpc) is 3.00. The minimum atomic E-state index is -0.204. The zero-order chi connectivity index (χ0) is 18.5. The molecule has 0 radical (unpaired) electrons. The van der Waals surface area contributed by atoms with Gasteiger partial charge in [0.25, 0.3) is 0 Å². The van der Waals surface area contributed by atoms with Gasteiger partial charge >= 0.3 is 0 Å². The molecule has 1 N–H and O–H groups in total. The summed E-state index contributed by atoms with van der Waals surface area (Å²) in [4.78, 5) is 16.7. The second-order valence-electron chi connectivity index (χ2n) is 6.09. The number of thioether (sulfide) groups is 1. The Morgan fingerprint density at radius 2 is 1.92 bits per heavy atom. The lowest BCUT2D eigenvalue weighted by atomic mass is 10.1. The standard InChI is InChI=1S/C20H19FN2OS2/c1-13-7-14(2)9-16(8-13)22-19(24)10-17-12-26-20(23-17)25-11-15-5-3-4-6-18(15)21/h3-9,12H,10-11H2,1-2H3,(H,22,24). The van der Waals surface area contributed by atoms with Gasteiger partial charge in [-0.05, 0) is 48.7 Å². The second kappa shape index (κ2) is 8.47. The van der Waals surface area contributed by atoms with Crippen molar-refractivity contribution in [3.63, 3.8) is 0 Å². The van der Waals surface area contributed by atoms with Crippen LogP contribution >= 0.6 is 23.1 Å². The fourth-order valence-electron chi connectivity index (χ4n) is 2.61. The summed E-state index contributed by atoms with van der Waals surface area (Å²) in [6, 6.07) is 12.7. The van der Waals surface area contributed by atoms with Gasteiger partial charge in [-0.3, -0.25) is 4.79 Å². The summed E-state index contributed by atoms with van der Waals surface area (Å²) in [6.07, 6.45) is 0.226. The molecule has 2 aromatic carbocycles. The molecule has 26 heavy (non-hydrogen) atoms. The van der Waals surface area contributed by atoms with E-state index >= 15 is 0 Å². The van der Waals surface area contributed by atoms with E-state index in [1.54, 1.807) is 12.1 Å². The van der Waals surface area contributed by atoms with Crippen molar-refractivity contribution in [1.29, 1.82) is 0 Å². The highest BCUT2D eigenvalue weighted by Gasteiger charge is 2.10. The Morgan fingerprint density at radius 3 is 2.65 bits per heavy atom. The summed E-state index contributed by atoms with van der Waals surface area (Å²) in [5.74, 6) is 0.226. The lowest BCUT2D eigenvalue weighted by Crippen LogP contribution is -2.14. The predicted molar refractivity (Wildman–Crippen MR) is 106 cm³/mol. The number of rotatable bonds is 6. The molecule has 3 nitrogen and oxygen atoms in total. The molecule has 6 heteroatoms. The second-order valence-corrected chi connectivity index (χ2v) is 8.17. The molecule has 3 rings (SSSR count). The van der Waals surface area contributed by atoms with Crippen LogP contribution < -0.4 is 5.32 Å². The lowest BCUT2D eigenvalue weighted by molar-refractivity contribution is -0.115. The van der Waals surface area contributed by atoms with Gasteiger partial charge in [0.15, 0.2) is 0 Å². The molecule has 0 bridgehead atoms. The maximum Gasteiger partial charge on any atom is 0.230 e. The first-order chi connectivity index (χ1) is 12.5. The molecule has 1 aromatic heterocycles. The monoisotopic (exact) mass is 386 g/mol. The minimum absolute atomic E-state index is 0.0917. The van der Waals surface area contributed by atoms with E-state index in [9.17, 15) is 9.18 Å². The molecule has 0 saturated carbocycles. The van der Waals surface area contributed by atoms with Gasteiger partial charge in [0, 0.05) is 16.8 Å². The molecule has 0 unspecified atom stereocenters. The number of aryl methyl sites for hydroxylation is 2. The summed E-state index contributed by atoms with van der Waals surface area (Å²) in [5.41, 5.74) is 4.41. The Balaban J connectivity index is 1.56. The van der Waals surface area contributed by atoms with Crippen LogP contribution in [0.4, 0.5) is 10.1 Å². The number of halogens is 1. The van der Waals surface area contributed by atoms with E-state index in [4.69, 9.17) is 0 Å². The number of nitrogens with zero attached hydrogens (tertiary/aromatic N) is 1. The number of thiazole rings is 1. The van der Waals surface area contributed by atoms with E-state index in [0.29, 0.717) is 11.3 Å². The van der Waals surface area contributed by atoms with Crippen molar-refractivity contribution in [2.45, 2.75) is 30.4 Å². The van der Waals surface area contributed by atoms with Crippen LogP contribution in [-0.4, -0.2) is 10.9 Å². The Labute approximate surface area is 160 Å². The van der Waals surface area contributed by atoms with E-state index in [1.807, 2.05) is 37.4 Å². The Bertz CT molecular complexity index is 903. The normalized spacial score (nSPS) is 10.7. The van der Waals surface area contributed by atoms with E-state index in [2.05, 4.69) is 16.4 Å². The molecule has 0 atom stereocenters. The van der Waals surface area contributed by atoms with Crippen molar-refractivity contribution in [1.82, 2.24) is 4.98 Å². The number of amides is 1. The van der Waals surface area contributed by atoms with Gasteiger partial charge in [-0.25, -0.2) is 9.37 Å². The zero-order valence-corrected chi connectivity index (χ0v) is 16.2. The smallest absolute Gasteiger partial charge is 0.230 e. The van der Waals surface area contributed by atoms with E-state index in [1.165, 1.54) is 29.2 Å². The molecule has 3 aromatic rings. The Kier molecular flexibility index (Phi) is 6.06. The number of aromatic nitrogens is 1. The molecular weight excluding hydrogens is 367 g/mol. The van der Waals surface area contributed by atoms with Crippen molar-refractivity contribution in [3.8, 4) is 0 Å². The molecule has 0 aliphatic carbocycles. The molecule has 1 heterocycles. The first kappa shape index (κ1) is 18.6.